The van der Waals surface area contributed by atoms with Gasteiger partial charge in [0.05, 0.1) is 11.7 Å². The van der Waals surface area contributed by atoms with Crippen LogP contribution in [0.15, 0.2) is 50.9 Å². The van der Waals surface area contributed by atoms with Crippen LogP contribution >= 0.6 is 31.9 Å². The smallest absolute Gasteiger partial charge is 0.335 e. The number of urea groups is 1. The molecule has 0 spiro atoms. The molecule has 1 heterocycles. The molecule has 4 amide bonds. The fourth-order valence-electron chi connectivity index (χ4n) is 2.72. The number of benzene rings is 2. The van der Waals surface area contributed by atoms with Crippen LogP contribution in [0.5, 0.6) is 5.75 Å². The van der Waals surface area contributed by atoms with Crippen molar-refractivity contribution >= 4 is 67.4 Å². The molecule has 1 aliphatic rings. The second kappa shape index (κ2) is 8.80. The summed E-state index contributed by atoms with van der Waals surface area (Å²) in [7, 11) is 0. The molecule has 8 nitrogen and oxygen atoms in total. The number of anilines is 1. The van der Waals surface area contributed by atoms with Crippen molar-refractivity contribution in [1.82, 2.24) is 5.32 Å². The van der Waals surface area contributed by atoms with Gasteiger partial charge in [0, 0.05) is 14.5 Å². The molecule has 0 saturated carbocycles. The van der Waals surface area contributed by atoms with E-state index in [0.717, 1.165) is 14.9 Å². The van der Waals surface area contributed by atoms with Gasteiger partial charge in [0.1, 0.15) is 17.9 Å². The average Bonchev–Trinajstić information content (AvgIpc) is 2.67. The topological polar surface area (TPSA) is 116 Å². The minimum Gasteiger partial charge on any atom is -0.546 e. The first-order valence-electron chi connectivity index (χ1n) is 8.47. The Morgan fingerprint density at radius 3 is 2.57 bits per heavy atom. The fourth-order valence-corrected chi connectivity index (χ4v) is 3.34. The van der Waals surface area contributed by atoms with Crippen molar-refractivity contribution in [3.05, 3.63) is 62.0 Å². The van der Waals surface area contributed by atoms with Crippen molar-refractivity contribution in [2.75, 3.05) is 11.5 Å². The first kappa shape index (κ1) is 21.7. The minimum absolute atomic E-state index is 0.124. The Hall–Kier alpha value is -2.98. The Labute approximate surface area is 187 Å². The molecule has 0 aliphatic carbocycles. The maximum Gasteiger partial charge on any atom is 0.335 e. The lowest BCUT2D eigenvalue weighted by atomic mass is 10.1. The number of imide groups is 2. The van der Waals surface area contributed by atoms with E-state index in [1.807, 2.05) is 0 Å². The van der Waals surface area contributed by atoms with Crippen molar-refractivity contribution < 1.29 is 29.0 Å². The van der Waals surface area contributed by atoms with Gasteiger partial charge in [-0.3, -0.25) is 14.9 Å². The van der Waals surface area contributed by atoms with Gasteiger partial charge in [-0.05, 0) is 55.0 Å². The molecule has 0 atom stereocenters. The van der Waals surface area contributed by atoms with Crippen molar-refractivity contribution in [2.45, 2.75) is 6.92 Å². The highest BCUT2D eigenvalue weighted by Gasteiger charge is 2.37. The number of barbiturate groups is 1. The largest absolute Gasteiger partial charge is 0.546 e. The third kappa shape index (κ3) is 4.60. The molecule has 0 unspecified atom stereocenters. The highest BCUT2D eigenvalue weighted by Crippen LogP contribution is 2.29. The van der Waals surface area contributed by atoms with Crippen molar-refractivity contribution in [1.29, 1.82) is 0 Å². The molecule has 1 saturated heterocycles. The van der Waals surface area contributed by atoms with Gasteiger partial charge in [0.15, 0.2) is 0 Å². The number of ether oxygens (including phenoxy) is 1. The molecule has 10 heteroatoms. The first-order valence-corrected chi connectivity index (χ1v) is 10.1. The van der Waals surface area contributed by atoms with Gasteiger partial charge in [-0.2, -0.15) is 0 Å². The van der Waals surface area contributed by atoms with Gasteiger partial charge in [-0.25, -0.2) is 9.69 Å². The summed E-state index contributed by atoms with van der Waals surface area (Å²) in [5, 5.41) is 12.8. The number of nitrogens with one attached hydrogen (secondary N) is 1. The molecule has 0 aromatic heterocycles. The van der Waals surface area contributed by atoms with Crippen LogP contribution in [0.25, 0.3) is 6.08 Å². The fraction of sp³-hybridized carbons (Fsp3) is 0.100. The maximum atomic E-state index is 13.0. The van der Waals surface area contributed by atoms with Gasteiger partial charge >= 0.3 is 6.03 Å². The van der Waals surface area contributed by atoms with E-state index in [-0.39, 0.29) is 16.9 Å². The molecular weight excluding hydrogens is 524 g/mol. The predicted molar refractivity (Wildman–Crippen MR) is 113 cm³/mol. The Balaban J connectivity index is 2.03. The summed E-state index contributed by atoms with van der Waals surface area (Å²) in [5.74, 6) is -3.00. The van der Waals surface area contributed by atoms with Gasteiger partial charge in [-0.15, -0.1) is 0 Å². The van der Waals surface area contributed by atoms with Gasteiger partial charge in [0.25, 0.3) is 11.8 Å². The predicted octanol–water partition coefficient (Wildman–Crippen LogP) is 2.32. The SMILES string of the molecule is Cc1cc(N2C(=O)NC(=O)/C(=C\c3cc(Br)ccc3OCC(=O)[O-])C2=O)ccc1Br. The van der Waals surface area contributed by atoms with Gasteiger partial charge in [0.2, 0.25) is 0 Å². The third-order valence-electron chi connectivity index (χ3n) is 4.12. The van der Waals surface area contributed by atoms with Gasteiger partial charge in [-0.1, -0.05) is 31.9 Å². The second-order valence-electron chi connectivity index (χ2n) is 6.23. The van der Waals surface area contributed by atoms with Crippen molar-refractivity contribution in [3.63, 3.8) is 0 Å². The van der Waals surface area contributed by atoms with Crippen LogP contribution in [0, 0.1) is 6.92 Å². The Morgan fingerprint density at radius 2 is 1.90 bits per heavy atom. The van der Waals surface area contributed by atoms with Crippen LogP contribution < -0.4 is 20.1 Å². The van der Waals surface area contributed by atoms with Crippen LogP contribution in [0.2, 0.25) is 0 Å². The molecule has 1 aliphatic heterocycles. The van der Waals surface area contributed by atoms with E-state index in [2.05, 4.69) is 37.2 Å². The maximum absolute atomic E-state index is 13.0. The van der Waals surface area contributed by atoms with Crippen molar-refractivity contribution in [2.24, 2.45) is 0 Å². The number of amides is 4. The van der Waals surface area contributed by atoms with E-state index in [4.69, 9.17) is 4.74 Å². The van der Waals surface area contributed by atoms with Crippen molar-refractivity contribution in [3.8, 4) is 5.75 Å². The standard InChI is InChI=1S/C20H14Br2N2O6/c1-10-6-13(3-4-15(10)22)24-19(28)14(18(27)23-20(24)29)8-11-7-12(21)2-5-16(11)30-9-17(25)26/h2-8H,9H2,1H3,(H,25,26)(H,23,27,29)/p-1/b14-8+. The normalized spacial score (nSPS) is 15.4. The summed E-state index contributed by atoms with van der Waals surface area (Å²) >= 11 is 6.63. The number of aliphatic carboxylic acids is 1. The number of aryl methyl sites for hydroxylation is 1. The molecule has 0 radical (unpaired) electrons. The third-order valence-corrected chi connectivity index (χ3v) is 5.50. The van der Waals surface area contributed by atoms with Crippen LogP contribution in [-0.2, 0) is 14.4 Å². The lowest BCUT2D eigenvalue weighted by molar-refractivity contribution is -0.307. The minimum atomic E-state index is -1.43. The number of hydrogen-bond donors (Lipinski definition) is 1. The molecule has 1 N–H and O–H groups in total. The van der Waals surface area contributed by atoms with E-state index in [9.17, 15) is 24.3 Å². The molecule has 1 fully saturated rings. The molecule has 154 valence electrons. The molecule has 30 heavy (non-hydrogen) atoms. The Kier molecular flexibility index (Phi) is 6.37. The lowest BCUT2D eigenvalue weighted by Crippen LogP contribution is -2.54. The monoisotopic (exact) mass is 535 g/mol. The quantitative estimate of drug-likeness (QED) is 0.463. The van der Waals surface area contributed by atoms with Crippen LogP contribution in [0.4, 0.5) is 10.5 Å². The molecule has 0 bridgehead atoms. The second-order valence-corrected chi connectivity index (χ2v) is 8.00. The number of carbonyl (C=O) groups excluding carboxylic acids is 4. The average molecular weight is 537 g/mol. The molecule has 3 rings (SSSR count). The number of carboxylic acids is 1. The van der Waals surface area contributed by atoms with Crippen LogP contribution in [0.3, 0.4) is 0 Å². The van der Waals surface area contributed by atoms with E-state index in [1.165, 1.54) is 12.1 Å². The van der Waals surface area contributed by atoms with Crippen LogP contribution in [-0.4, -0.2) is 30.4 Å². The van der Waals surface area contributed by atoms with E-state index < -0.39 is 30.4 Å². The highest BCUT2D eigenvalue weighted by atomic mass is 79.9. The Bertz CT molecular complexity index is 1110. The Morgan fingerprint density at radius 1 is 1.17 bits per heavy atom. The highest BCUT2D eigenvalue weighted by molar-refractivity contribution is 9.10. The summed E-state index contributed by atoms with van der Waals surface area (Å²) in [4.78, 5) is 49.3. The van der Waals surface area contributed by atoms with Gasteiger partial charge < -0.3 is 14.6 Å². The lowest BCUT2D eigenvalue weighted by Gasteiger charge is -2.27. The zero-order chi connectivity index (χ0) is 22.0. The number of nitrogens with zero attached hydrogens (tertiary/aromatic N) is 1. The first-order chi connectivity index (χ1) is 14.2. The van der Waals surface area contributed by atoms with E-state index in [1.54, 1.807) is 37.3 Å². The number of rotatable bonds is 5. The number of carboxylic acid groups (broad SMARTS) is 1. The summed E-state index contributed by atoms with van der Waals surface area (Å²) in [5.41, 5.74) is 1.04. The molecule has 2 aromatic rings. The summed E-state index contributed by atoms with van der Waals surface area (Å²) in [6.07, 6.45) is 1.23. The number of hydrogen-bond acceptors (Lipinski definition) is 6. The molecule has 2 aromatic carbocycles. The van der Waals surface area contributed by atoms with E-state index in [0.29, 0.717) is 10.2 Å². The zero-order valence-corrected chi connectivity index (χ0v) is 18.6. The number of carbonyl (C=O) groups is 4. The summed E-state index contributed by atoms with van der Waals surface area (Å²) in [6.45, 7) is 1.09. The van der Waals surface area contributed by atoms with Crippen LogP contribution in [0.1, 0.15) is 11.1 Å². The molecular formula is C20H13Br2N2O6-. The summed E-state index contributed by atoms with van der Waals surface area (Å²) in [6, 6.07) is 8.64. The number of halogens is 2. The van der Waals surface area contributed by atoms with E-state index >= 15 is 0 Å². The summed E-state index contributed by atoms with van der Waals surface area (Å²) < 4.78 is 6.58. The zero-order valence-electron chi connectivity index (χ0n) is 15.4.